The Labute approximate surface area is 94.1 Å². The third kappa shape index (κ3) is 1.84. The first-order valence-electron chi connectivity index (χ1n) is 5.11. The van der Waals surface area contributed by atoms with Crippen molar-refractivity contribution in [1.29, 1.82) is 0 Å². The van der Waals surface area contributed by atoms with E-state index in [1.54, 1.807) is 19.3 Å². The first kappa shape index (κ1) is 10.5. The molecule has 0 spiro atoms. The molecule has 82 valence electrons. The third-order valence-corrected chi connectivity index (χ3v) is 2.56. The fourth-order valence-corrected chi connectivity index (χ4v) is 1.72. The quantitative estimate of drug-likeness (QED) is 0.788. The van der Waals surface area contributed by atoms with Crippen molar-refractivity contribution in [3.05, 3.63) is 52.4 Å². The lowest BCUT2D eigenvalue weighted by atomic mass is 10.1. The number of aromatic nitrogens is 1. The molecule has 0 aliphatic heterocycles. The van der Waals surface area contributed by atoms with Gasteiger partial charge in [-0.1, -0.05) is 29.8 Å². The van der Waals surface area contributed by atoms with E-state index in [2.05, 4.69) is 6.07 Å². The number of nitrogens with zero attached hydrogens (tertiary/aromatic N) is 1. The van der Waals surface area contributed by atoms with Crippen LogP contribution in [0.15, 0.2) is 41.3 Å². The lowest BCUT2D eigenvalue weighted by Gasteiger charge is -2.06. The van der Waals surface area contributed by atoms with Gasteiger partial charge in [0.05, 0.1) is 5.69 Å². The van der Waals surface area contributed by atoms with Crippen LogP contribution < -0.4 is 11.3 Å². The van der Waals surface area contributed by atoms with E-state index in [-0.39, 0.29) is 11.2 Å². The molecule has 0 saturated heterocycles. The average Bonchev–Trinajstić information content (AvgIpc) is 2.25. The van der Waals surface area contributed by atoms with E-state index in [4.69, 9.17) is 5.73 Å². The summed E-state index contributed by atoms with van der Waals surface area (Å²) in [5, 5.41) is 0. The fraction of sp³-hybridized carbons (Fsp3) is 0.154. The second-order valence-electron chi connectivity index (χ2n) is 3.97. The predicted octanol–water partition coefficient (Wildman–Crippen LogP) is 1.94. The molecule has 0 radical (unpaired) electrons. The zero-order valence-electron chi connectivity index (χ0n) is 9.40. The Kier molecular flexibility index (Phi) is 2.52. The Bertz CT molecular complexity index is 558. The zero-order chi connectivity index (χ0) is 11.7. The van der Waals surface area contributed by atoms with Crippen molar-refractivity contribution in [1.82, 2.24) is 4.57 Å². The van der Waals surface area contributed by atoms with Crippen molar-refractivity contribution in [2.24, 2.45) is 7.05 Å². The molecule has 3 heteroatoms. The first-order valence-corrected chi connectivity index (χ1v) is 5.11. The highest BCUT2D eigenvalue weighted by molar-refractivity contribution is 5.66. The van der Waals surface area contributed by atoms with Gasteiger partial charge >= 0.3 is 0 Å². The highest BCUT2D eigenvalue weighted by Gasteiger charge is 2.03. The van der Waals surface area contributed by atoms with Crippen LogP contribution >= 0.6 is 0 Å². The van der Waals surface area contributed by atoms with Crippen molar-refractivity contribution in [3.8, 4) is 11.1 Å². The van der Waals surface area contributed by atoms with Crippen LogP contribution in [0.5, 0.6) is 0 Å². The molecule has 0 amide bonds. The van der Waals surface area contributed by atoms with E-state index in [0.29, 0.717) is 0 Å². The number of aryl methyl sites for hydroxylation is 2. The van der Waals surface area contributed by atoms with Gasteiger partial charge in [-0.05, 0) is 18.6 Å². The Hall–Kier alpha value is -2.03. The van der Waals surface area contributed by atoms with Crippen LogP contribution in [0.3, 0.4) is 0 Å². The van der Waals surface area contributed by atoms with E-state index in [1.165, 1.54) is 10.1 Å². The van der Waals surface area contributed by atoms with Gasteiger partial charge in [0.2, 0.25) is 0 Å². The van der Waals surface area contributed by atoms with Crippen LogP contribution in [-0.2, 0) is 7.05 Å². The molecule has 0 fully saturated rings. The molecule has 1 aromatic carbocycles. The molecule has 0 aliphatic carbocycles. The summed E-state index contributed by atoms with van der Waals surface area (Å²) in [6, 6.07) is 9.82. The van der Waals surface area contributed by atoms with Gasteiger partial charge < -0.3 is 10.3 Å². The average molecular weight is 214 g/mol. The number of hydrogen-bond acceptors (Lipinski definition) is 2. The van der Waals surface area contributed by atoms with Crippen LogP contribution in [0, 0.1) is 6.92 Å². The van der Waals surface area contributed by atoms with Crippen molar-refractivity contribution >= 4 is 5.69 Å². The SMILES string of the molecule is Cc1cccc(-c2cc(N)c(=O)n(C)c2)c1. The van der Waals surface area contributed by atoms with E-state index >= 15 is 0 Å². The van der Waals surface area contributed by atoms with Gasteiger partial charge in [-0.2, -0.15) is 0 Å². The summed E-state index contributed by atoms with van der Waals surface area (Å²) in [6.07, 6.45) is 1.80. The minimum atomic E-state index is -0.156. The molecule has 3 nitrogen and oxygen atoms in total. The Morgan fingerprint density at radius 3 is 2.56 bits per heavy atom. The van der Waals surface area contributed by atoms with Crippen LogP contribution in [0.4, 0.5) is 5.69 Å². The van der Waals surface area contributed by atoms with Crippen molar-refractivity contribution < 1.29 is 0 Å². The van der Waals surface area contributed by atoms with Crippen molar-refractivity contribution in [2.75, 3.05) is 5.73 Å². The van der Waals surface area contributed by atoms with Gasteiger partial charge in [-0.15, -0.1) is 0 Å². The van der Waals surface area contributed by atoms with Gasteiger partial charge in [0, 0.05) is 18.8 Å². The molecule has 0 atom stereocenters. The summed E-state index contributed by atoms with van der Waals surface area (Å²) in [7, 11) is 1.71. The number of anilines is 1. The van der Waals surface area contributed by atoms with Gasteiger partial charge in [0.15, 0.2) is 0 Å². The standard InChI is InChI=1S/C13H14N2O/c1-9-4-3-5-10(6-9)11-7-12(14)13(16)15(2)8-11/h3-8H,14H2,1-2H3. The minimum Gasteiger partial charge on any atom is -0.394 e. The second-order valence-corrected chi connectivity index (χ2v) is 3.97. The Balaban J connectivity index is 2.61. The monoisotopic (exact) mass is 214 g/mol. The van der Waals surface area contributed by atoms with E-state index in [9.17, 15) is 4.79 Å². The lowest BCUT2D eigenvalue weighted by molar-refractivity contribution is 0.866. The van der Waals surface area contributed by atoms with Crippen LogP contribution in [0.1, 0.15) is 5.56 Å². The lowest BCUT2D eigenvalue weighted by Crippen LogP contribution is -2.19. The molecular weight excluding hydrogens is 200 g/mol. The maximum Gasteiger partial charge on any atom is 0.273 e. The molecule has 0 bridgehead atoms. The predicted molar refractivity (Wildman–Crippen MR) is 66.3 cm³/mol. The van der Waals surface area contributed by atoms with Crippen LogP contribution in [0.2, 0.25) is 0 Å². The number of benzene rings is 1. The minimum absolute atomic E-state index is 0.156. The summed E-state index contributed by atoms with van der Waals surface area (Å²) < 4.78 is 1.51. The first-order chi connectivity index (χ1) is 7.58. The fourth-order valence-electron chi connectivity index (χ4n) is 1.72. The molecule has 1 heterocycles. The van der Waals surface area contributed by atoms with Gasteiger partial charge in [-0.3, -0.25) is 4.79 Å². The van der Waals surface area contributed by atoms with Crippen LogP contribution in [-0.4, -0.2) is 4.57 Å². The summed E-state index contributed by atoms with van der Waals surface area (Å²) >= 11 is 0. The molecular formula is C13H14N2O. The van der Waals surface area contributed by atoms with Gasteiger partial charge in [0.1, 0.15) is 0 Å². The number of hydrogen-bond donors (Lipinski definition) is 1. The number of pyridine rings is 1. The molecule has 16 heavy (non-hydrogen) atoms. The maximum absolute atomic E-state index is 11.5. The summed E-state index contributed by atoms with van der Waals surface area (Å²) in [6.45, 7) is 2.04. The molecule has 2 rings (SSSR count). The van der Waals surface area contributed by atoms with E-state index in [0.717, 1.165) is 11.1 Å². The molecule has 2 aromatic rings. The third-order valence-electron chi connectivity index (χ3n) is 2.56. The summed E-state index contributed by atoms with van der Waals surface area (Å²) in [5.41, 5.74) is 9.00. The molecule has 0 saturated carbocycles. The Morgan fingerprint density at radius 1 is 1.19 bits per heavy atom. The topological polar surface area (TPSA) is 48.0 Å². The zero-order valence-corrected chi connectivity index (χ0v) is 9.40. The number of nitrogen functional groups attached to an aromatic ring is 1. The summed E-state index contributed by atoms with van der Waals surface area (Å²) in [5.74, 6) is 0. The number of rotatable bonds is 1. The summed E-state index contributed by atoms with van der Waals surface area (Å²) in [4.78, 5) is 11.5. The highest BCUT2D eigenvalue weighted by atomic mass is 16.1. The largest absolute Gasteiger partial charge is 0.394 e. The molecule has 2 N–H and O–H groups in total. The molecule has 0 unspecified atom stereocenters. The van der Waals surface area contributed by atoms with E-state index in [1.807, 2.05) is 25.1 Å². The smallest absolute Gasteiger partial charge is 0.273 e. The molecule has 0 aliphatic rings. The van der Waals surface area contributed by atoms with Crippen molar-refractivity contribution in [3.63, 3.8) is 0 Å². The Morgan fingerprint density at radius 2 is 1.94 bits per heavy atom. The van der Waals surface area contributed by atoms with Crippen LogP contribution in [0.25, 0.3) is 11.1 Å². The second kappa shape index (κ2) is 3.85. The maximum atomic E-state index is 11.5. The van der Waals surface area contributed by atoms with Gasteiger partial charge in [0.25, 0.3) is 5.56 Å². The highest BCUT2D eigenvalue weighted by Crippen LogP contribution is 2.20. The van der Waals surface area contributed by atoms with Crippen molar-refractivity contribution in [2.45, 2.75) is 6.92 Å². The normalized spacial score (nSPS) is 10.4. The van der Waals surface area contributed by atoms with Gasteiger partial charge in [-0.25, -0.2) is 0 Å². The van der Waals surface area contributed by atoms with E-state index < -0.39 is 0 Å². The number of nitrogens with two attached hydrogens (primary N) is 1. The molecule has 1 aromatic heterocycles.